The van der Waals surface area contributed by atoms with E-state index in [1.165, 1.54) is 12.8 Å². The molecule has 2 rings (SSSR count). The molecule has 12 heavy (non-hydrogen) atoms. The van der Waals surface area contributed by atoms with Gasteiger partial charge in [0.15, 0.2) is 0 Å². The first kappa shape index (κ1) is 7.61. The second kappa shape index (κ2) is 3.15. The maximum atomic E-state index is 5.58. The van der Waals surface area contributed by atoms with Crippen LogP contribution in [0.3, 0.4) is 0 Å². The van der Waals surface area contributed by atoms with Gasteiger partial charge in [-0.25, -0.2) is 0 Å². The summed E-state index contributed by atoms with van der Waals surface area (Å²) in [5.41, 5.74) is 6.33. The van der Waals surface area contributed by atoms with Crippen LogP contribution in [0.5, 0.6) is 0 Å². The topological polar surface area (TPSA) is 55.9 Å². The van der Waals surface area contributed by atoms with Crippen molar-refractivity contribution in [3.63, 3.8) is 0 Å². The van der Waals surface area contributed by atoms with Gasteiger partial charge in [0.05, 0.1) is 17.9 Å². The fraction of sp³-hybridized carbons (Fsp3) is 0.625. The summed E-state index contributed by atoms with van der Waals surface area (Å²) in [4.78, 5) is 0. The molecule has 3 N–H and O–H groups in total. The average molecular weight is 166 g/mol. The Hall–Kier alpha value is -1.03. The molecule has 1 saturated heterocycles. The van der Waals surface area contributed by atoms with Gasteiger partial charge in [0.1, 0.15) is 0 Å². The van der Waals surface area contributed by atoms with E-state index in [1.54, 1.807) is 6.20 Å². The van der Waals surface area contributed by atoms with Gasteiger partial charge in [-0.2, -0.15) is 5.10 Å². The highest BCUT2D eigenvalue weighted by Crippen LogP contribution is 2.16. The smallest absolute Gasteiger partial charge is 0.0719 e. The number of nitrogens with two attached hydrogens (primary N) is 1. The van der Waals surface area contributed by atoms with E-state index in [-0.39, 0.29) is 0 Å². The lowest BCUT2D eigenvalue weighted by Gasteiger charge is -2.22. The third-order valence-corrected chi connectivity index (χ3v) is 2.27. The zero-order valence-corrected chi connectivity index (χ0v) is 7.03. The molecular formula is C8H14N4. The van der Waals surface area contributed by atoms with Gasteiger partial charge in [-0.05, 0) is 19.4 Å². The predicted molar refractivity (Wildman–Crippen MR) is 47.8 cm³/mol. The van der Waals surface area contributed by atoms with Crippen LogP contribution < -0.4 is 11.1 Å². The molecule has 1 atom stereocenters. The standard InChI is InChI=1S/C8H14N4/c9-7-4-11-12(6-7)8-2-1-3-10-5-8/h4,6,8,10H,1-3,5,9H2. The van der Waals surface area contributed by atoms with Gasteiger partial charge in [0, 0.05) is 12.7 Å². The number of nitrogens with zero attached hydrogens (tertiary/aromatic N) is 2. The molecule has 0 spiro atoms. The molecule has 0 radical (unpaired) electrons. The summed E-state index contributed by atoms with van der Waals surface area (Å²) in [6, 6.07) is 0.496. The van der Waals surface area contributed by atoms with Crippen LogP contribution in [-0.4, -0.2) is 22.9 Å². The number of hydrogen-bond acceptors (Lipinski definition) is 3. The number of piperidine rings is 1. The maximum Gasteiger partial charge on any atom is 0.0719 e. The van der Waals surface area contributed by atoms with Crippen LogP contribution in [0, 0.1) is 0 Å². The van der Waals surface area contributed by atoms with Crippen LogP contribution in [0.1, 0.15) is 18.9 Å². The molecule has 4 nitrogen and oxygen atoms in total. The van der Waals surface area contributed by atoms with E-state index in [1.807, 2.05) is 10.9 Å². The molecule has 0 aromatic carbocycles. The summed E-state index contributed by atoms with van der Waals surface area (Å²) < 4.78 is 1.96. The van der Waals surface area contributed by atoms with Crippen LogP contribution in [0.25, 0.3) is 0 Å². The Morgan fingerprint density at radius 1 is 1.67 bits per heavy atom. The lowest BCUT2D eigenvalue weighted by atomic mass is 10.1. The van der Waals surface area contributed by atoms with Gasteiger partial charge >= 0.3 is 0 Å². The Labute approximate surface area is 71.7 Å². The molecule has 0 amide bonds. The van der Waals surface area contributed by atoms with E-state index < -0.39 is 0 Å². The first-order valence-corrected chi connectivity index (χ1v) is 4.36. The highest BCUT2D eigenvalue weighted by atomic mass is 15.3. The summed E-state index contributed by atoms with van der Waals surface area (Å²) in [6.07, 6.45) is 6.03. The van der Waals surface area contributed by atoms with E-state index >= 15 is 0 Å². The fourth-order valence-electron chi connectivity index (χ4n) is 1.61. The number of rotatable bonds is 1. The van der Waals surface area contributed by atoms with Gasteiger partial charge < -0.3 is 11.1 Å². The lowest BCUT2D eigenvalue weighted by molar-refractivity contribution is 0.347. The quantitative estimate of drug-likeness (QED) is 0.634. The highest BCUT2D eigenvalue weighted by molar-refractivity contribution is 5.30. The van der Waals surface area contributed by atoms with Crippen molar-refractivity contribution in [1.29, 1.82) is 0 Å². The lowest BCUT2D eigenvalue weighted by Crippen LogP contribution is -2.31. The summed E-state index contributed by atoms with van der Waals surface area (Å²) >= 11 is 0. The van der Waals surface area contributed by atoms with Crippen LogP contribution in [0.4, 0.5) is 5.69 Å². The molecule has 1 aliphatic heterocycles. The normalized spacial score (nSPS) is 24.2. The molecule has 0 saturated carbocycles. The van der Waals surface area contributed by atoms with Crippen molar-refractivity contribution in [2.24, 2.45) is 0 Å². The molecule has 1 aromatic heterocycles. The largest absolute Gasteiger partial charge is 0.396 e. The number of aromatic nitrogens is 2. The monoisotopic (exact) mass is 166 g/mol. The van der Waals surface area contributed by atoms with Crippen molar-refractivity contribution in [3.05, 3.63) is 12.4 Å². The number of anilines is 1. The van der Waals surface area contributed by atoms with Crippen molar-refractivity contribution in [2.45, 2.75) is 18.9 Å². The maximum absolute atomic E-state index is 5.58. The Kier molecular flexibility index (Phi) is 1.99. The zero-order valence-electron chi connectivity index (χ0n) is 7.03. The fourth-order valence-corrected chi connectivity index (χ4v) is 1.61. The SMILES string of the molecule is Nc1cnn(C2CCCNC2)c1. The van der Waals surface area contributed by atoms with Crippen LogP contribution in [-0.2, 0) is 0 Å². The van der Waals surface area contributed by atoms with Crippen molar-refractivity contribution < 1.29 is 0 Å². The molecule has 66 valence electrons. The molecular weight excluding hydrogens is 152 g/mol. The number of nitrogen functional groups attached to an aromatic ring is 1. The van der Waals surface area contributed by atoms with E-state index in [9.17, 15) is 0 Å². The highest BCUT2D eigenvalue weighted by Gasteiger charge is 2.14. The summed E-state index contributed by atoms with van der Waals surface area (Å²) in [5.74, 6) is 0. The molecule has 4 heteroatoms. The average Bonchev–Trinajstić information content (AvgIpc) is 2.54. The van der Waals surface area contributed by atoms with Crippen molar-refractivity contribution in [2.75, 3.05) is 18.8 Å². The van der Waals surface area contributed by atoms with Crippen LogP contribution >= 0.6 is 0 Å². The first-order valence-electron chi connectivity index (χ1n) is 4.36. The first-order chi connectivity index (χ1) is 5.86. The second-order valence-electron chi connectivity index (χ2n) is 3.25. The molecule has 0 aliphatic carbocycles. The van der Waals surface area contributed by atoms with Crippen LogP contribution in [0.15, 0.2) is 12.4 Å². The molecule has 1 aliphatic rings. The minimum Gasteiger partial charge on any atom is -0.396 e. The summed E-state index contributed by atoms with van der Waals surface area (Å²) in [5, 5.41) is 7.53. The summed E-state index contributed by atoms with van der Waals surface area (Å²) in [6.45, 7) is 2.15. The minimum absolute atomic E-state index is 0.496. The van der Waals surface area contributed by atoms with Gasteiger partial charge in [0.2, 0.25) is 0 Å². The Morgan fingerprint density at radius 3 is 3.17 bits per heavy atom. The van der Waals surface area contributed by atoms with E-state index in [0.29, 0.717) is 6.04 Å². The van der Waals surface area contributed by atoms with Gasteiger partial charge in [0.25, 0.3) is 0 Å². The van der Waals surface area contributed by atoms with E-state index in [4.69, 9.17) is 5.73 Å². The van der Waals surface area contributed by atoms with E-state index in [0.717, 1.165) is 18.8 Å². The van der Waals surface area contributed by atoms with Crippen LogP contribution in [0.2, 0.25) is 0 Å². The molecule has 2 heterocycles. The number of hydrogen-bond donors (Lipinski definition) is 2. The van der Waals surface area contributed by atoms with Crippen molar-refractivity contribution in [1.82, 2.24) is 15.1 Å². The Bertz CT molecular complexity index is 249. The predicted octanol–water partition coefficient (Wildman–Crippen LogP) is 0.390. The molecule has 0 bridgehead atoms. The van der Waals surface area contributed by atoms with Gasteiger partial charge in [-0.3, -0.25) is 4.68 Å². The molecule has 1 aromatic rings. The zero-order chi connectivity index (χ0) is 8.39. The Balaban J connectivity index is 2.08. The molecule has 1 unspecified atom stereocenters. The second-order valence-corrected chi connectivity index (χ2v) is 3.25. The van der Waals surface area contributed by atoms with Gasteiger partial charge in [-0.15, -0.1) is 0 Å². The summed E-state index contributed by atoms with van der Waals surface area (Å²) in [7, 11) is 0. The third kappa shape index (κ3) is 1.43. The minimum atomic E-state index is 0.496. The third-order valence-electron chi connectivity index (χ3n) is 2.27. The van der Waals surface area contributed by atoms with E-state index in [2.05, 4.69) is 10.4 Å². The Morgan fingerprint density at radius 2 is 2.58 bits per heavy atom. The van der Waals surface area contributed by atoms with Crippen molar-refractivity contribution >= 4 is 5.69 Å². The molecule has 1 fully saturated rings. The van der Waals surface area contributed by atoms with Crippen molar-refractivity contribution in [3.8, 4) is 0 Å². The van der Waals surface area contributed by atoms with Gasteiger partial charge in [-0.1, -0.05) is 0 Å². The number of nitrogens with one attached hydrogen (secondary N) is 1.